The van der Waals surface area contributed by atoms with Gasteiger partial charge in [0.1, 0.15) is 28.9 Å². The zero-order chi connectivity index (χ0) is 48.9. The smallest absolute Gasteiger partial charge is 0.250 e. The van der Waals surface area contributed by atoms with Crippen LogP contribution in [0.25, 0.3) is 39.9 Å². The van der Waals surface area contributed by atoms with Crippen LogP contribution in [0.2, 0.25) is 0 Å². The molecule has 2 saturated carbocycles. The van der Waals surface area contributed by atoms with E-state index in [-0.39, 0.29) is 51.9 Å². The van der Waals surface area contributed by atoms with Crippen molar-refractivity contribution in [3.05, 3.63) is 176 Å². The first-order valence-corrected chi connectivity index (χ1v) is 23.2. The van der Waals surface area contributed by atoms with Crippen LogP contribution in [0.5, 0.6) is 0 Å². The number of H-pyrrole nitrogens is 1. The van der Waals surface area contributed by atoms with E-state index in [0.29, 0.717) is 39.7 Å². The van der Waals surface area contributed by atoms with E-state index < -0.39 is 62.4 Å². The van der Waals surface area contributed by atoms with Gasteiger partial charge in [0.05, 0.1) is 61.8 Å². The molecule has 6 heterocycles. The summed E-state index contributed by atoms with van der Waals surface area (Å²) in [6.45, 7) is 11.6. The standard InChI is InChI=1S/C53H45F4N11O2/c1-49(2)31-14-18-52(49,38-15-19-58-47(61-38)26-10-13-40(69)60-25-26)45-28(31)22-36(64-65-45)42-34(56)12-11-27(44(42)57)30-24-53(39-16-20-59-48(62-39)68-21-17-37(67-68)51(5,6)70)46-29(43(30)50(53,3)4)23-35(63-66-46)41-32(54)8-7-9-33(41)55/h7-13,15-17,19-23,25,30-31,43,70H,14,18,24H2,1-6H3,(H,60,69)/t30?,31-,43+,52-,53-/m0/s1. The molecule has 70 heavy (non-hydrogen) atoms. The molecule has 2 aromatic carbocycles. The number of pyridine rings is 1. The Morgan fingerprint density at radius 3 is 2.10 bits per heavy atom. The summed E-state index contributed by atoms with van der Waals surface area (Å²) < 4.78 is 66.7. The molecule has 2 fully saturated rings. The second-order valence-corrected chi connectivity index (χ2v) is 20.8. The fourth-order valence-electron chi connectivity index (χ4n) is 13.0. The van der Waals surface area contributed by atoms with E-state index >= 15 is 17.6 Å². The highest BCUT2D eigenvalue weighted by Gasteiger charge is 2.69. The molecule has 0 aliphatic heterocycles. The SMILES string of the molecule is CC(C)(O)c1ccn(-c2nccc([C@@]34CC(c5ccc(F)c(-c6cc7c(nn6)[C@@]6(c8ccnc(-c9ccc(=O)[nH]c9)n8)CC[C@@H]7C6(C)C)c5F)[C@@H](c5cc(-c6c(F)cccc6F)nnc53)C4(C)C)n2)n1. The predicted octanol–water partition coefficient (Wildman–Crippen LogP) is 9.31. The number of fused-ring (bicyclic) bond motifs is 10. The molecule has 0 amide bonds. The van der Waals surface area contributed by atoms with Gasteiger partial charge in [-0.2, -0.15) is 15.3 Å². The normalized spacial score (nSPS) is 23.4. The van der Waals surface area contributed by atoms with Crippen molar-refractivity contribution in [2.24, 2.45) is 10.8 Å². The molecule has 0 saturated heterocycles. The van der Waals surface area contributed by atoms with Crippen LogP contribution >= 0.6 is 0 Å². The summed E-state index contributed by atoms with van der Waals surface area (Å²) in [5.41, 5.74) is 0.151. The van der Waals surface area contributed by atoms with E-state index in [0.717, 1.165) is 36.2 Å². The number of benzene rings is 2. The van der Waals surface area contributed by atoms with Crippen molar-refractivity contribution in [1.29, 1.82) is 0 Å². The summed E-state index contributed by atoms with van der Waals surface area (Å²) in [7, 11) is 0. The minimum absolute atomic E-state index is 0.0241. The van der Waals surface area contributed by atoms with Gasteiger partial charge >= 0.3 is 0 Å². The molecule has 12 rings (SSSR count). The largest absolute Gasteiger partial charge is 0.384 e. The molecule has 2 N–H and O–H groups in total. The molecule has 0 spiro atoms. The maximum absolute atomic E-state index is 17.9. The van der Waals surface area contributed by atoms with E-state index in [4.69, 9.17) is 20.2 Å². The Kier molecular flexibility index (Phi) is 9.28. The minimum atomic E-state index is -1.23. The summed E-state index contributed by atoms with van der Waals surface area (Å²) in [5.74, 6) is -3.78. The topological polar surface area (TPSA) is 174 Å². The van der Waals surface area contributed by atoms with Crippen molar-refractivity contribution in [2.75, 3.05) is 0 Å². The molecule has 4 aliphatic rings. The van der Waals surface area contributed by atoms with E-state index in [2.05, 4.69) is 44.1 Å². The van der Waals surface area contributed by atoms with Crippen LogP contribution in [0, 0.1) is 34.1 Å². The van der Waals surface area contributed by atoms with Crippen LogP contribution in [0.1, 0.15) is 124 Å². The average molecular weight is 944 g/mol. The zero-order valence-corrected chi connectivity index (χ0v) is 38.9. The zero-order valence-electron chi connectivity index (χ0n) is 38.9. The lowest BCUT2D eigenvalue weighted by Gasteiger charge is -2.37. The van der Waals surface area contributed by atoms with Gasteiger partial charge in [0.2, 0.25) is 5.56 Å². The number of aromatic nitrogens is 11. The lowest BCUT2D eigenvalue weighted by molar-refractivity contribution is 0.0734. The van der Waals surface area contributed by atoms with Gasteiger partial charge in [-0.25, -0.2) is 42.2 Å². The van der Waals surface area contributed by atoms with Crippen molar-refractivity contribution in [3.8, 4) is 39.9 Å². The average Bonchev–Trinajstić information content (AvgIpc) is 4.09. The molecule has 1 unspecified atom stereocenters. The number of nitrogens with one attached hydrogen (secondary N) is 1. The Morgan fingerprint density at radius 1 is 0.729 bits per heavy atom. The van der Waals surface area contributed by atoms with Gasteiger partial charge < -0.3 is 10.1 Å². The molecule has 6 aromatic heterocycles. The molecule has 4 bridgehead atoms. The van der Waals surface area contributed by atoms with Crippen molar-refractivity contribution in [1.82, 2.24) is 55.1 Å². The fourth-order valence-corrected chi connectivity index (χ4v) is 13.0. The van der Waals surface area contributed by atoms with Gasteiger partial charge in [-0.05, 0) is 133 Å². The third-order valence-corrected chi connectivity index (χ3v) is 16.4. The number of hydrogen-bond acceptors (Lipinski definition) is 11. The lowest BCUT2D eigenvalue weighted by atomic mass is 9.66. The molecule has 4 aliphatic carbocycles. The Bertz CT molecular complexity index is 3530. The number of halogens is 4. The molecule has 8 aromatic rings. The van der Waals surface area contributed by atoms with E-state index in [1.54, 1.807) is 69.0 Å². The fraction of sp³-hybridized carbons (Fsp3) is 0.321. The third-order valence-electron chi connectivity index (χ3n) is 16.4. The number of hydrogen-bond donors (Lipinski definition) is 2. The third kappa shape index (κ3) is 5.86. The van der Waals surface area contributed by atoms with Crippen molar-refractivity contribution < 1.29 is 22.7 Å². The van der Waals surface area contributed by atoms with Gasteiger partial charge in [-0.3, -0.25) is 4.79 Å². The summed E-state index contributed by atoms with van der Waals surface area (Å²) in [5, 5.41) is 33.8. The Balaban J connectivity index is 0.986. The molecular formula is C53H45F4N11O2. The Hall–Kier alpha value is -7.40. The Morgan fingerprint density at radius 2 is 1.40 bits per heavy atom. The van der Waals surface area contributed by atoms with Crippen LogP contribution in [0.15, 0.2) is 102 Å². The number of rotatable bonds is 8. The Labute approximate surface area is 398 Å². The maximum Gasteiger partial charge on any atom is 0.250 e. The first-order valence-electron chi connectivity index (χ1n) is 23.2. The minimum Gasteiger partial charge on any atom is -0.384 e. The highest BCUT2D eigenvalue weighted by atomic mass is 19.1. The summed E-state index contributed by atoms with van der Waals surface area (Å²) in [6.07, 6.45) is 8.27. The van der Waals surface area contributed by atoms with Crippen LogP contribution in [-0.2, 0) is 16.4 Å². The highest BCUT2D eigenvalue weighted by molar-refractivity contribution is 5.68. The molecule has 17 heteroatoms. The number of nitrogens with zero attached hydrogens (tertiary/aromatic N) is 10. The first-order chi connectivity index (χ1) is 33.4. The monoisotopic (exact) mass is 943 g/mol. The van der Waals surface area contributed by atoms with Gasteiger partial charge in [0.15, 0.2) is 5.82 Å². The van der Waals surface area contributed by atoms with Crippen LogP contribution < -0.4 is 5.56 Å². The van der Waals surface area contributed by atoms with E-state index in [1.807, 2.05) is 19.9 Å². The quantitative estimate of drug-likeness (QED) is 0.139. The van der Waals surface area contributed by atoms with E-state index in [9.17, 15) is 9.90 Å². The molecule has 352 valence electrons. The summed E-state index contributed by atoms with van der Waals surface area (Å²) in [6, 6.07) is 18.1. The van der Waals surface area contributed by atoms with Crippen molar-refractivity contribution in [3.63, 3.8) is 0 Å². The van der Waals surface area contributed by atoms with Crippen molar-refractivity contribution >= 4 is 0 Å². The number of aliphatic hydroxyl groups is 1. The first kappa shape index (κ1) is 43.9. The lowest BCUT2D eigenvalue weighted by Crippen LogP contribution is -2.38. The van der Waals surface area contributed by atoms with Gasteiger partial charge in [0, 0.05) is 36.4 Å². The molecular weight excluding hydrogens is 899 g/mol. The maximum atomic E-state index is 17.9. The van der Waals surface area contributed by atoms with Crippen LogP contribution in [0.4, 0.5) is 17.6 Å². The second-order valence-electron chi connectivity index (χ2n) is 20.8. The second kappa shape index (κ2) is 14.8. The summed E-state index contributed by atoms with van der Waals surface area (Å²) in [4.78, 5) is 33.6. The number of aromatic amines is 1. The molecule has 5 atom stereocenters. The van der Waals surface area contributed by atoms with Crippen LogP contribution in [-0.4, -0.2) is 60.2 Å². The van der Waals surface area contributed by atoms with E-state index in [1.165, 1.54) is 28.9 Å². The van der Waals surface area contributed by atoms with Crippen molar-refractivity contribution in [2.45, 2.75) is 95.0 Å². The van der Waals surface area contributed by atoms with Gasteiger partial charge in [0.25, 0.3) is 5.95 Å². The molecule has 13 nitrogen and oxygen atoms in total. The van der Waals surface area contributed by atoms with Crippen LogP contribution in [0.3, 0.4) is 0 Å². The highest BCUT2D eigenvalue weighted by Crippen LogP contribution is 2.74. The predicted molar refractivity (Wildman–Crippen MR) is 248 cm³/mol. The van der Waals surface area contributed by atoms with Gasteiger partial charge in [-0.15, -0.1) is 10.2 Å². The van der Waals surface area contributed by atoms with Gasteiger partial charge in [-0.1, -0.05) is 39.8 Å². The summed E-state index contributed by atoms with van der Waals surface area (Å²) >= 11 is 0. The molecule has 0 radical (unpaired) electrons.